The highest BCUT2D eigenvalue weighted by Gasteiger charge is 2.07. The molecule has 72 valence electrons. The average molecular weight is 268 g/mol. The van der Waals surface area contributed by atoms with Gasteiger partial charge in [-0.15, -0.1) is 11.3 Å². The van der Waals surface area contributed by atoms with Gasteiger partial charge in [0, 0.05) is 15.9 Å². The zero-order chi connectivity index (χ0) is 9.97. The first-order valence-corrected chi connectivity index (χ1v) is 6.01. The van der Waals surface area contributed by atoms with E-state index in [0.717, 1.165) is 4.47 Å². The van der Waals surface area contributed by atoms with Crippen LogP contribution in [0.3, 0.4) is 0 Å². The molecular weight excluding hydrogens is 258 g/mol. The highest BCUT2D eigenvalue weighted by molar-refractivity contribution is 9.10. The van der Waals surface area contributed by atoms with Gasteiger partial charge in [0.05, 0.1) is 0 Å². The summed E-state index contributed by atoms with van der Waals surface area (Å²) in [5, 5.41) is 2.08. The van der Waals surface area contributed by atoms with Crippen molar-refractivity contribution in [2.24, 2.45) is 5.73 Å². The van der Waals surface area contributed by atoms with E-state index >= 15 is 0 Å². The van der Waals surface area contributed by atoms with E-state index in [9.17, 15) is 0 Å². The second kappa shape index (κ2) is 4.26. The summed E-state index contributed by atoms with van der Waals surface area (Å²) in [7, 11) is 0. The molecule has 0 aliphatic rings. The first kappa shape index (κ1) is 9.90. The third kappa shape index (κ3) is 1.75. The Balaban J connectivity index is 2.54. The van der Waals surface area contributed by atoms with Crippen LogP contribution in [0.15, 0.2) is 40.2 Å². The van der Waals surface area contributed by atoms with Crippen molar-refractivity contribution in [2.75, 3.05) is 0 Å². The van der Waals surface area contributed by atoms with Gasteiger partial charge in [0.15, 0.2) is 0 Å². The van der Waals surface area contributed by atoms with Crippen molar-refractivity contribution in [1.29, 1.82) is 0 Å². The fraction of sp³-hybridized carbons (Fsp3) is 0.0909. The largest absolute Gasteiger partial charge is 0.326 e. The molecule has 0 saturated heterocycles. The van der Waals surface area contributed by atoms with E-state index in [4.69, 9.17) is 5.73 Å². The topological polar surface area (TPSA) is 26.0 Å². The molecular formula is C11H10BrNS. The lowest BCUT2D eigenvalue weighted by atomic mass is 10.1. The molecule has 0 saturated carbocycles. The molecule has 14 heavy (non-hydrogen) atoms. The highest BCUT2D eigenvalue weighted by Crippen LogP contribution is 2.33. The molecule has 2 aromatic rings. The Morgan fingerprint density at radius 2 is 1.93 bits per heavy atom. The summed E-state index contributed by atoms with van der Waals surface area (Å²) >= 11 is 5.25. The van der Waals surface area contributed by atoms with Crippen molar-refractivity contribution in [3.05, 3.63) is 45.1 Å². The van der Waals surface area contributed by atoms with Crippen LogP contribution in [-0.4, -0.2) is 0 Å². The van der Waals surface area contributed by atoms with Gasteiger partial charge in [0.2, 0.25) is 0 Å². The van der Waals surface area contributed by atoms with Crippen LogP contribution in [0.2, 0.25) is 0 Å². The predicted octanol–water partition coefficient (Wildman–Crippen LogP) is 3.64. The summed E-state index contributed by atoms with van der Waals surface area (Å²) in [5.41, 5.74) is 8.14. The zero-order valence-corrected chi connectivity index (χ0v) is 9.94. The maximum Gasteiger partial charge on any atom is 0.0280 e. The standard InChI is InChI=1S/C11H10BrNS/c12-10-4-2-1-3-8(10)9-5-6-14-11(9)7-13/h1-6H,7,13H2. The Bertz CT molecular complexity index is 436. The maximum absolute atomic E-state index is 5.68. The van der Waals surface area contributed by atoms with E-state index in [-0.39, 0.29) is 0 Å². The average Bonchev–Trinajstić information content (AvgIpc) is 2.66. The van der Waals surface area contributed by atoms with Gasteiger partial charge in [-0.25, -0.2) is 0 Å². The van der Waals surface area contributed by atoms with Gasteiger partial charge in [0.25, 0.3) is 0 Å². The van der Waals surface area contributed by atoms with Gasteiger partial charge >= 0.3 is 0 Å². The van der Waals surface area contributed by atoms with Crippen LogP contribution in [-0.2, 0) is 6.54 Å². The normalized spacial score (nSPS) is 10.4. The SMILES string of the molecule is NCc1sccc1-c1ccccc1Br. The Morgan fingerprint density at radius 1 is 1.14 bits per heavy atom. The van der Waals surface area contributed by atoms with Crippen LogP contribution in [0.4, 0.5) is 0 Å². The first-order valence-electron chi connectivity index (χ1n) is 4.34. The molecule has 0 fully saturated rings. The van der Waals surface area contributed by atoms with Gasteiger partial charge in [-0.3, -0.25) is 0 Å². The second-order valence-electron chi connectivity index (χ2n) is 2.94. The maximum atomic E-state index is 5.68. The molecule has 1 nitrogen and oxygen atoms in total. The van der Waals surface area contributed by atoms with Crippen molar-refractivity contribution in [1.82, 2.24) is 0 Å². The van der Waals surface area contributed by atoms with Gasteiger partial charge in [-0.2, -0.15) is 0 Å². The molecule has 1 heterocycles. The van der Waals surface area contributed by atoms with Crippen LogP contribution in [0.1, 0.15) is 4.88 Å². The van der Waals surface area contributed by atoms with Gasteiger partial charge < -0.3 is 5.73 Å². The Labute approximate surface area is 95.7 Å². The molecule has 3 heteroatoms. The lowest BCUT2D eigenvalue weighted by Gasteiger charge is -2.04. The second-order valence-corrected chi connectivity index (χ2v) is 4.80. The van der Waals surface area contributed by atoms with Gasteiger partial charge in [-0.1, -0.05) is 34.1 Å². The van der Waals surface area contributed by atoms with E-state index in [1.807, 2.05) is 18.2 Å². The Morgan fingerprint density at radius 3 is 2.64 bits per heavy atom. The molecule has 0 unspecified atom stereocenters. The summed E-state index contributed by atoms with van der Waals surface area (Å²) in [6.45, 7) is 0.605. The molecule has 1 aromatic carbocycles. The zero-order valence-electron chi connectivity index (χ0n) is 7.53. The van der Waals surface area contributed by atoms with Crippen molar-refractivity contribution in [3.8, 4) is 11.1 Å². The Hall–Kier alpha value is -0.640. The summed E-state index contributed by atoms with van der Waals surface area (Å²) < 4.78 is 1.12. The molecule has 0 atom stereocenters. The third-order valence-electron chi connectivity index (χ3n) is 2.09. The highest BCUT2D eigenvalue weighted by atomic mass is 79.9. The number of rotatable bonds is 2. The van der Waals surface area contributed by atoms with E-state index in [1.54, 1.807) is 11.3 Å². The van der Waals surface area contributed by atoms with Crippen LogP contribution >= 0.6 is 27.3 Å². The number of halogens is 1. The molecule has 0 radical (unpaired) electrons. The lowest BCUT2D eigenvalue weighted by Crippen LogP contribution is -1.94. The van der Waals surface area contributed by atoms with Crippen LogP contribution < -0.4 is 5.73 Å². The fourth-order valence-electron chi connectivity index (χ4n) is 1.42. The smallest absolute Gasteiger partial charge is 0.0280 e. The number of thiophene rings is 1. The van der Waals surface area contributed by atoms with Crippen molar-refractivity contribution in [2.45, 2.75) is 6.54 Å². The van der Waals surface area contributed by atoms with Crippen molar-refractivity contribution >= 4 is 27.3 Å². The molecule has 0 spiro atoms. The minimum absolute atomic E-state index is 0.605. The Kier molecular flexibility index (Phi) is 3.01. The van der Waals surface area contributed by atoms with E-state index in [2.05, 4.69) is 33.4 Å². The van der Waals surface area contributed by atoms with Crippen LogP contribution in [0, 0.1) is 0 Å². The minimum atomic E-state index is 0.605. The summed E-state index contributed by atoms with van der Waals surface area (Å²) in [4.78, 5) is 1.23. The minimum Gasteiger partial charge on any atom is -0.326 e. The van der Waals surface area contributed by atoms with E-state index in [0.29, 0.717) is 6.54 Å². The molecule has 2 N–H and O–H groups in total. The monoisotopic (exact) mass is 267 g/mol. The van der Waals surface area contributed by atoms with Gasteiger partial charge in [0.1, 0.15) is 0 Å². The number of hydrogen-bond donors (Lipinski definition) is 1. The fourth-order valence-corrected chi connectivity index (χ4v) is 2.69. The van der Waals surface area contributed by atoms with E-state index in [1.165, 1.54) is 16.0 Å². The molecule has 2 rings (SSSR count). The molecule has 1 aromatic heterocycles. The summed E-state index contributed by atoms with van der Waals surface area (Å²) in [5.74, 6) is 0. The predicted molar refractivity (Wildman–Crippen MR) is 65.3 cm³/mol. The molecule has 0 amide bonds. The number of hydrogen-bond acceptors (Lipinski definition) is 2. The van der Waals surface area contributed by atoms with E-state index < -0.39 is 0 Å². The number of benzene rings is 1. The first-order chi connectivity index (χ1) is 6.83. The quantitative estimate of drug-likeness (QED) is 0.884. The molecule has 0 bridgehead atoms. The third-order valence-corrected chi connectivity index (χ3v) is 3.73. The van der Waals surface area contributed by atoms with Crippen LogP contribution in [0.25, 0.3) is 11.1 Å². The summed E-state index contributed by atoms with van der Waals surface area (Å²) in [6.07, 6.45) is 0. The molecule has 0 aliphatic heterocycles. The van der Waals surface area contributed by atoms with Crippen molar-refractivity contribution in [3.63, 3.8) is 0 Å². The van der Waals surface area contributed by atoms with Gasteiger partial charge in [-0.05, 0) is 28.6 Å². The molecule has 0 aliphatic carbocycles. The summed E-state index contributed by atoms with van der Waals surface area (Å²) in [6, 6.07) is 10.3. The van der Waals surface area contributed by atoms with Crippen LogP contribution in [0.5, 0.6) is 0 Å². The lowest BCUT2D eigenvalue weighted by molar-refractivity contribution is 1.11. The van der Waals surface area contributed by atoms with Crippen molar-refractivity contribution < 1.29 is 0 Å². The number of nitrogens with two attached hydrogens (primary N) is 1.